The van der Waals surface area contributed by atoms with E-state index in [0.29, 0.717) is 18.0 Å². The van der Waals surface area contributed by atoms with Gasteiger partial charge in [-0.1, -0.05) is 6.92 Å². The summed E-state index contributed by atoms with van der Waals surface area (Å²) in [6.45, 7) is 2.01. The third kappa shape index (κ3) is 4.83. The second-order valence-corrected chi connectivity index (χ2v) is 3.81. The van der Waals surface area contributed by atoms with E-state index in [1.165, 1.54) is 0 Å². The number of aliphatic hydroxyl groups is 1. The van der Waals surface area contributed by atoms with Crippen molar-refractivity contribution in [1.82, 2.24) is 0 Å². The summed E-state index contributed by atoms with van der Waals surface area (Å²) in [5.41, 5.74) is 0.502. The molecule has 0 aliphatic carbocycles. The zero-order valence-electron chi connectivity index (χ0n) is 10.00. The van der Waals surface area contributed by atoms with Crippen LogP contribution in [0.15, 0.2) is 24.3 Å². The van der Waals surface area contributed by atoms with Crippen LogP contribution in [0, 0.1) is 0 Å². The molecule has 6 heteroatoms. The van der Waals surface area contributed by atoms with E-state index in [1.807, 2.05) is 6.92 Å². The van der Waals surface area contributed by atoms with Gasteiger partial charge in [0.25, 0.3) is 0 Å². The third-order valence-corrected chi connectivity index (χ3v) is 2.20. The molecule has 0 aliphatic rings. The topological polar surface area (TPSA) is 41.5 Å². The maximum absolute atomic E-state index is 12.0. The second kappa shape index (κ2) is 6.49. The molecule has 1 aromatic carbocycles. The average Bonchev–Trinajstić information content (AvgIpc) is 2.33. The molecular formula is C12H16F3NO2. The van der Waals surface area contributed by atoms with Crippen LogP contribution in [0.2, 0.25) is 0 Å². The summed E-state index contributed by atoms with van der Waals surface area (Å²) in [4.78, 5) is 0. The molecule has 0 aromatic heterocycles. The van der Waals surface area contributed by atoms with Crippen LogP contribution in [0.3, 0.4) is 0 Å². The summed E-state index contributed by atoms with van der Waals surface area (Å²) in [5.74, 6) is 0.666. The smallest absolute Gasteiger partial charge is 0.416 e. The Labute approximate surface area is 104 Å². The van der Waals surface area contributed by atoms with E-state index in [4.69, 9.17) is 9.84 Å². The molecule has 0 saturated carbocycles. The van der Waals surface area contributed by atoms with Gasteiger partial charge < -0.3 is 15.2 Å². The highest BCUT2D eigenvalue weighted by Crippen LogP contribution is 2.21. The predicted octanol–water partition coefficient (Wildman–Crippen LogP) is 2.81. The molecule has 102 valence electrons. The van der Waals surface area contributed by atoms with E-state index >= 15 is 0 Å². The Morgan fingerprint density at radius 3 is 2.39 bits per heavy atom. The fourth-order valence-electron chi connectivity index (χ4n) is 1.22. The molecule has 0 spiro atoms. The average molecular weight is 263 g/mol. The van der Waals surface area contributed by atoms with E-state index in [9.17, 15) is 13.2 Å². The van der Waals surface area contributed by atoms with Crippen LogP contribution >= 0.6 is 0 Å². The summed E-state index contributed by atoms with van der Waals surface area (Å²) in [7, 11) is 0. The van der Waals surface area contributed by atoms with Crippen molar-refractivity contribution >= 4 is 5.69 Å². The molecule has 0 saturated heterocycles. The van der Waals surface area contributed by atoms with Gasteiger partial charge in [-0.15, -0.1) is 0 Å². The van der Waals surface area contributed by atoms with Crippen LogP contribution in [0.25, 0.3) is 0 Å². The molecule has 1 atom stereocenters. The number of nitrogens with one attached hydrogen (secondary N) is 1. The van der Waals surface area contributed by atoms with Crippen molar-refractivity contribution in [3.63, 3.8) is 0 Å². The van der Waals surface area contributed by atoms with Crippen LogP contribution in [0.4, 0.5) is 18.9 Å². The first-order valence-corrected chi connectivity index (χ1v) is 5.65. The first-order chi connectivity index (χ1) is 8.43. The predicted molar refractivity (Wildman–Crippen MR) is 62.8 cm³/mol. The van der Waals surface area contributed by atoms with Crippen molar-refractivity contribution < 1.29 is 23.0 Å². The Balaban J connectivity index is 2.44. The summed E-state index contributed by atoms with van der Waals surface area (Å²) in [5, 5.41) is 11.3. The van der Waals surface area contributed by atoms with Gasteiger partial charge in [-0.25, -0.2) is 0 Å². The largest absolute Gasteiger partial charge is 0.494 e. The highest BCUT2D eigenvalue weighted by molar-refractivity contribution is 5.46. The van der Waals surface area contributed by atoms with E-state index in [2.05, 4.69) is 5.32 Å². The van der Waals surface area contributed by atoms with E-state index in [-0.39, 0.29) is 0 Å². The van der Waals surface area contributed by atoms with Gasteiger partial charge in [0.2, 0.25) is 0 Å². The quantitative estimate of drug-likeness (QED) is 0.829. The molecule has 0 fully saturated rings. The Kier molecular flexibility index (Phi) is 5.27. The molecule has 0 bridgehead atoms. The maximum atomic E-state index is 12.0. The Morgan fingerprint density at radius 2 is 1.89 bits per heavy atom. The number of anilines is 1. The van der Waals surface area contributed by atoms with Crippen LogP contribution in [0.5, 0.6) is 5.75 Å². The lowest BCUT2D eigenvalue weighted by molar-refractivity contribution is -0.198. The van der Waals surface area contributed by atoms with Crippen molar-refractivity contribution in [3.05, 3.63) is 24.3 Å². The first kappa shape index (κ1) is 14.6. The zero-order chi connectivity index (χ0) is 13.6. The van der Waals surface area contributed by atoms with Crippen molar-refractivity contribution in [2.75, 3.05) is 18.5 Å². The fraction of sp³-hybridized carbons (Fsp3) is 0.500. The number of alkyl halides is 3. The Hall–Kier alpha value is -1.43. The van der Waals surface area contributed by atoms with Crippen LogP contribution in [-0.4, -0.2) is 30.5 Å². The SMILES string of the molecule is CCCOc1ccc(NCC(O)C(F)(F)F)cc1. The molecule has 3 nitrogen and oxygen atoms in total. The van der Waals surface area contributed by atoms with Gasteiger partial charge in [0.1, 0.15) is 5.75 Å². The first-order valence-electron chi connectivity index (χ1n) is 5.65. The lowest BCUT2D eigenvalue weighted by Crippen LogP contribution is -2.34. The van der Waals surface area contributed by atoms with E-state index in [1.54, 1.807) is 24.3 Å². The van der Waals surface area contributed by atoms with Crippen LogP contribution < -0.4 is 10.1 Å². The number of rotatable bonds is 6. The highest BCUT2D eigenvalue weighted by Gasteiger charge is 2.37. The van der Waals surface area contributed by atoms with Crippen molar-refractivity contribution in [3.8, 4) is 5.75 Å². The molecule has 2 N–H and O–H groups in total. The number of hydrogen-bond acceptors (Lipinski definition) is 3. The number of aliphatic hydroxyl groups excluding tert-OH is 1. The molecule has 0 amide bonds. The number of halogens is 3. The highest BCUT2D eigenvalue weighted by atomic mass is 19.4. The standard InChI is InChI=1S/C12H16F3NO2/c1-2-7-18-10-5-3-9(4-6-10)16-8-11(17)12(13,14)15/h3-6,11,16-17H,2,7-8H2,1H3. The summed E-state index contributed by atoms with van der Waals surface area (Å²) in [6, 6.07) is 6.54. The minimum atomic E-state index is -4.60. The minimum Gasteiger partial charge on any atom is -0.494 e. The van der Waals surface area contributed by atoms with Crippen molar-refractivity contribution in [2.45, 2.75) is 25.6 Å². The molecule has 1 aromatic rings. The van der Waals surface area contributed by atoms with Gasteiger partial charge in [0.05, 0.1) is 6.61 Å². The van der Waals surface area contributed by atoms with Crippen molar-refractivity contribution in [1.29, 1.82) is 0 Å². The van der Waals surface area contributed by atoms with Crippen LogP contribution in [0.1, 0.15) is 13.3 Å². The van der Waals surface area contributed by atoms with Gasteiger partial charge in [-0.3, -0.25) is 0 Å². The second-order valence-electron chi connectivity index (χ2n) is 3.81. The lowest BCUT2D eigenvalue weighted by Gasteiger charge is -2.15. The monoisotopic (exact) mass is 263 g/mol. The lowest BCUT2D eigenvalue weighted by atomic mass is 10.2. The van der Waals surface area contributed by atoms with Gasteiger partial charge in [0.15, 0.2) is 6.10 Å². The van der Waals surface area contributed by atoms with Gasteiger partial charge in [-0.2, -0.15) is 13.2 Å². The molecular weight excluding hydrogens is 247 g/mol. The van der Waals surface area contributed by atoms with E-state index < -0.39 is 18.8 Å². The van der Waals surface area contributed by atoms with Crippen molar-refractivity contribution in [2.24, 2.45) is 0 Å². The molecule has 18 heavy (non-hydrogen) atoms. The number of ether oxygens (including phenoxy) is 1. The molecule has 0 heterocycles. The zero-order valence-corrected chi connectivity index (χ0v) is 10.00. The molecule has 1 unspecified atom stereocenters. The van der Waals surface area contributed by atoms with Gasteiger partial charge in [-0.05, 0) is 30.7 Å². The van der Waals surface area contributed by atoms with E-state index in [0.717, 1.165) is 6.42 Å². The number of hydrogen-bond donors (Lipinski definition) is 2. The van der Waals surface area contributed by atoms with Gasteiger partial charge >= 0.3 is 6.18 Å². The molecule has 0 radical (unpaired) electrons. The minimum absolute atomic E-state index is 0.502. The normalized spacial score (nSPS) is 13.2. The third-order valence-electron chi connectivity index (χ3n) is 2.20. The molecule has 1 rings (SSSR count). The van der Waals surface area contributed by atoms with Crippen LogP contribution in [-0.2, 0) is 0 Å². The maximum Gasteiger partial charge on any atom is 0.416 e. The Morgan fingerprint density at radius 1 is 1.28 bits per heavy atom. The van der Waals surface area contributed by atoms with Gasteiger partial charge in [0, 0.05) is 12.2 Å². The number of benzene rings is 1. The molecule has 0 aliphatic heterocycles. The fourth-order valence-corrected chi connectivity index (χ4v) is 1.22. The summed E-state index contributed by atoms with van der Waals surface area (Å²) >= 11 is 0. The Bertz CT molecular complexity index is 351. The summed E-state index contributed by atoms with van der Waals surface area (Å²) < 4.78 is 41.5. The summed E-state index contributed by atoms with van der Waals surface area (Å²) in [6.07, 6.45) is -6.08.